The molecule has 68 valence electrons. The average molecular weight is 192 g/mol. The SMILES string of the molecule is CC(=O)N1CC(OC(=O)CCl)C1. The fraction of sp³-hybridized carbons (Fsp3) is 0.714. The molecule has 0 unspecified atom stereocenters. The minimum atomic E-state index is -0.426. The summed E-state index contributed by atoms with van der Waals surface area (Å²) in [5.74, 6) is -0.547. The predicted octanol–water partition coefficient (Wildman–Crippen LogP) is -0.000900. The minimum absolute atomic E-state index is 0.00757. The molecule has 0 aromatic rings. The predicted molar refractivity (Wildman–Crippen MR) is 42.9 cm³/mol. The molecule has 12 heavy (non-hydrogen) atoms. The summed E-state index contributed by atoms with van der Waals surface area (Å²) in [6.07, 6.45) is -0.153. The molecule has 5 heteroatoms. The van der Waals surface area contributed by atoms with Gasteiger partial charge in [-0.15, -0.1) is 11.6 Å². The number of likely N-dealkylation sites (tertiary alicyclic amines) is 1. The van der Waals surface area contributed by atoms with Gasteiger partial charge in [0.15, 0.2) is 0 Å². The Kier molecular flexibility index (Phi) is 2.92. The fourth-order valence-electron chi connectivity index (χ4n) is 0.987. The lowest BCUT2D eigenvalue weighted by Crippen LogP contribution is -2.54. The molecule has 1 rings (SSSR count). The van der Waals surface area contributed by atoms with E-state index in [1.54, 1.807) is 4.90 Å². The molecule has 0 saturated carbocycles. The summed E-state index contributed by atoms with van der Waals surface area (Å²) in [5.41, 5.74) is 0. The standard InChI is InChI=1S/C7H10ClNO3/c1-5(10)9-3-6(4-9)12-7(11)2-8/h6H,2-4H2,1H3. The molecule has 1 heterocycles. The highest BCUT2D eigenvalue weighted by Gasteiger charge is 2.31. The Morgan fingerprint density at radius 1 is 1.58 bits per heavy atom. The molecule has 0 spiro atoms. The Bertz CT molecular complexity index is 201. The van der Waals surface area contributed by atoms with Crippen molar-refractivity contribution in [3.05, 3.63) is 0 Å². The van der Waals surface area contributed by atoms with E-state index in [1.165, 1.54) is 6.92 Å². The lowest BCUT2D eigenvalue weighted by atomic mass is 10.2. The third-order valence-corrected chi connectivity index (χ3v) is 1.92. The van der Waals surface area contributed by atoms with Crippen molar-refractivity contribution < 1.29 is 14.3 Å². The zero-order chi connectivity index (χ0) is 9.14. The fourth-order valence-corrected chi connectivity index (χ4v) is 1.05. The second-order valence-corrected chi connectivity index (χ2v) is 2.94. The minimum Gasteiger partial charge on any atom is -0.458 e. The number of hydrogen-bond acceptors (Lipinski definition) is 3. The lowest BCUT2D eigenvalue weighted by molar-refractivity contribution is -0.160. The number of hydrogen-bond donors (Lipinski definition) is 0. The molecule has 0 aromatic carbocycles. The van der Waals surface area contributed by atoms with Gasteiger partial charge in [-0.25, -0.2) is 0 Å². The largest absolute Gasteiger partial charge is 0.458 e. The van der Waals surface area contributed by atoms with E-state index in [0.717, 1.165) is 0 Å². The normalized spacial score (nSPS) is 17.0. The summed E-state index contributed by atoms with van der Waals surface area (Å²) in [7, 11) is 0. The van der Waals surface area contributed by atoms with Crippen molar-refractivity contribution in [1.82, 2.24) is 4.90 Å². The molecule has 0 N–H and O–H groups in total. The molecular weight excluding hydrogens is 182 g/mol. The van der Waals surface area contributed by atoms with Gasteiger partial charge in [-0.2, -0.15) is 0 Å². The van der Waals surface area contributed by atoms with Crippen molar-refractivity contribution in [2.75, 3.05) is 19.0 Å². The highest BCUT2D eigenvalue weighted by Crippen LogP contribution is 2.11. The number of halogens is 1. The van der Waals surface area contributed by atoms with Crippen LogP contribution in [0.4, 0.5) is 0 Å². The van der Waals surface area contributed by atoms with E-state index in [-0.39, 0.29) is 17.9 Å². The van der Waals surface area contributed by atoms with Crippen LogP contribution in [0.15, 0.2) is 0 Å². The van der Waals surface area contributed by atoms with Crippen molar-refractivity contribution >= 4 is 23.5 Å². The summed E-state index contributed by atoms with van der Waals surface area (Å²) in [4.78, 5) is 22.9. The molecule has 0 aliphatic carbocycles. The molecule has 1 fully saturated rings. The van der Waals surface area contributed by atoms with Crippen LogP contribution in [0.25, 0.3) is 0 Å². The van der Waals surface area contributed by atoms with Gasteiger partial charge in [-0.3, -0.25) is 9.59 Å². The molecule has 1 saturated heterocycles. The van der Waals surface area contributed by atoms with Gasteiger partial charge >= 0.3 is 5.97 Å². The van der Waals surface area contributed by atoms with E-state index < -0.39 is 5.97 Å². The maximum atomic E-state index is 10.7. The molecular formula is C7H10ClNO3. The van der Waals surface area contributed by atoms with Crippen molar-refractivity contribution in [3.8, 4) is 0 Å². The summed E-state index contributed by atoms with van der Waals surface area (Å²) in [6.45, 7) is 2.48. The van der Waals surface area contributed by atoms with E-state index in [1.807, 2.05) is 0 Å². The third kappa shape index (κ3) is 2.11. The van der Waals surface area contributed by atoms with E-state index in [9.17, 15) is 9.59 Å². The van der Waals surface area contributed by atoms with E-state index >= 15 is 0 Å². The van der Waals surface area contributed by atoms with Gasteiger partial charge < -0.3 is 9.64 Å². The summed E-state index contributed by atoms with van der Waals surface area (Å²) < 4.78 is 4.85. The van der Waals surface area contributed by atoms with Crippen LogP contribution in [0.2, 0.25) is 0 Å². The molecule has 1 aliphatic rings. The zero-order valence-electron chi connectivity index (χ0n) is 6.75. The highest BCUT2D eigenvalue weighted by molar-refractivity contribution is 6.26. The Morgan fingerprint density at radius 2 is 2.17 bits per heavy atom. The van der Waals surface area contributed by atoms with Gasteiger partial charge in [0.25, 0.3) is 0 Å². The van der Waals surface area contributed by atoms with Gasteiger partial charge in [0.2, 0.25) is 5.91 Å². The maximum absolute atomic E-state index is 10.7. The van der Waals surface area contributed by atoms with Gasteiger partial charge in [-0.1, -0.05) is 0 Å². The van der Waals surface area contributed by atoms with Crippen LogP contribution in [0, 0.1) is 0 Å². The number of carbonyl (C=O) groups is 2. The van der Waals surface area contributed by atoms with Gasteiger partial charge in [0, 0.05) is 6.92 Å². The van der Waals surface area contributed by atoms with E-state index in [0.29, 0.717) is 13.1 Å². The molecule has 4 nitrogen and oxygen atoms in total. The Morgan fingerprint density at radius 3 is 2.58 bits per heavy atom. The Labute approximate surface area is 75.4 Å². The number of alkyl halides is 1. The average Bonchev–Trinajstić information content (AvgIpc) is 1.94. The summed E-state index contributed by atoms with van der Waals surface area (Å²) >= 11 is 5.22. The second kappa shape index (κ2) is 3.76. The molecule has 0 atom stereocenters. The molecule has 0 aromatic heterocycles. The maximum Gasteiger partial charge on any atom is 0.321 e. The molecule has 1 amide bonds. The number of amides is 1. The van der Waals surface area contributed by atoms with Gasteiger partial charge in [0.1, 0.15) is 12.0 Å². The van der Waals surface area contributed by atoms with Crippen LogP contribution in [0.5, 0.6) is 0 Å². The van der Waals surface area contributed by atoms with E-state index in [4.69, 9.17) is 16.3 Å². The summed E-state index contributed by atoms with van der Waals surface area (Å²) in [5, 5.41) is 0. The topological polar surface area (TPSA) is 46.6 Å². The van der Waals surface area contributed by atoms with Gasteiger partial charge in [-0.05, 0) is 0 Å². The number of esters is 1. The first-order chi connectivity index (χ1) is 5.63. The first-order valence-electron chi connectivity index (χ1n) is 3.64. The van der Waals surface area contributed by atoms with Crippen LogP contribution in [0.3, 0.4) is 0 Å². The Hall–Kier alpha value is -0.770. The quantitative estimate of drug-likeness (QED) is 0.456. The highest BCUT2D eigenvalue weighted by atomic mass is 35.5. The van der Waals surface area contributed by atoms with Crippen molar-refractivity contribution in [2.45, 2.75) is 13.0 Å². The van der Waals surface area contributed by atoms with Crippen LogP contribution in [-0.2, 0) is 14.3 Å². The van der Waals surface area contributed by atoms with E-state index in [2.05, 4.69) is 0 Å². The summed E-state index contributed by atoms with van der Waals surface area (Å²) in [6, 6.07) is 0. The van der Waals surface area contributed by atoms with Gasteiger partial charge in [0.05, 0.1) is 13.1 Å². The molecule has 0 bridgehead atoms. The Balaban J connectivity index is 2.17. The second-order valence-electron chi connectivity index (χ2n) is 2.67. The number of rotatable bonds is 2. The number of ether oxygens (including phenoxy) is 1. The first-order valence-corrected chi connectivity index (χ1v) is 4.18. The van der Waals surface area contributed by atoms with Crippen molar-refractivity contribution in [3.63, 3.8) is 0 Å². The molecule has 1 aliphatic heterocycles. The monoisotopic (exact) mass is 191 g/mol. The number of nitrogens with zero attached hydrogens (tertiary/aromatic N) is 1. The first kappa shape index (κ1) is 9.32. The third-order valence-electron chi connectivity index (χ3n) is 1.70. The zero-order valence-corrected chi connectivity index (χ0v) is 7.50. The lowest BCUT2D eigenvalue weighted by Gasteiger charge is -2.37. The smallest absolute Gasteiger partial charge is 0.321 e. The van der Waals surface area contributed by atoms with Crippen LogP contribution < -0.4 is 0 Å². The van der Waals surface area contributed by atoms with Crippen LogP contribution in [-0.4, -0.2) is 41.8 Å². The van der Waals surface area contributed by atoms with Crippen molar-refractivity contribution in [1.29, 1.82) is 0 Å². The number of carbonyl (C=O) groups excluding carboxylic acids is 2. The molecule has 0 radical (unpaired) electrons. The van der Waals surface area contributed by atoms with Crippen molar-refractivity contribution in [2.24, 2.45) is 0 Å². The van der Waals surface area contributed by atoms with Crippen LogP contribution >= 0.6 is 11.6 Å². The van der Waals surface area contributed by atoms with Crippen LogP contribution in [0.1, 0.15) is 6.92 Å².